The third-order valence-electron chi connectivity index (χ3n) is 3.84. The van der Waals surface area contributed by atoms with Gasteiger partial charge in [0, 0.05) is 36.0 Å². The number of nitrogens with one attached hydrogen (secondary N) is 2. The zero-order chi connectivity index (χ0) is 20.1. The standard InChI is InChI=1S/C19H18ClN7O/c1-11-8-23-17(26-12(2)28)7-16(11)22-9-14(19-24-10-25-27-19)18(21)13-5-3-4-6-15(13)20/h3-10H,21H2,1-2H3,(H,23,26,28)(H,24,25,27). The lowest BCUT2D eigenvalue weighted by atomic mass is 10.1. The van der Waals surface area contributed by atoms with E-state index in [1.165, 1.54) is 13.3 Å². The molecule has 2 aromatic heterocycles. The van der Waals surface area contributed by atoms with Gasteiger partial charge in [-0.1, -0.05) is 29.8 Å². The maximum Gasteiger partial charge on any atom is 0.222 e. The first-order valence-corrected chi connectivity index (χ1v) is 8.72. The minimum atomic E-state index is -0.212. The van der Waals surface area contributed by atoms with Crippen molar-refractivity contribution in [3.63, 3.8) is 0 Å². The van der Waals surface area contributed by atoms with Gasteiger partial charge >= 0.3 is 0 Å². The van der Waals surface area contributed by atoms with Crippen LogP contribution in [0, 0.1) is 6.92 Å². The maximum absolute atomic E-state index is 11.3. The summed E-state index contributed by atoms with van der Waals surface area (Å²) >= 11 is 6.28. The van der Waals surface area contributed by atoms with E-state index in [1.807, 2.05) is 25.1 Å². The van der Waals surface area contributed by atoms with E-state index in [2.05, 4.69) is 30.5 Å². The van der Waals surface area contributed by atoms with Crippen molar-refractivity contribution in [1.29, 1.82) is 0 Å². The van der Waals surface area contributed by atoms with Crippen LogP contribution in [0.1, 0.15) is 23.9 Å². The summed E-state index contributed by atoms with van der Waals surface area (Å²) in [6, 6.07) is 8.91. The first-order chi connectivity index (χ1) is 13.5. The van der Waals surface area contributed by atoms with E-state index >= 15 is 0 Å². The molecule has 9 heteroatoms. The summed E-state index contributed by atoms with van der Waals surface area (Å²) in [4.78, 5) is 24.1. The molecular weight excluding hydrogens is 378 g/mol. The Morgan fingerprint density at radius 3 is 2.79 bits per heavy atom. The summed E-state index contributed by atoms with van der Waals surface area (Å²) in [5, 5.41) is 9.83. The molecule has 3 aromatic rings. The number of aromatic nitrogens is 4. The number of halogens is 1. The molecule has 0 atom stereocenters. The highest BCUT2D eigenvalue weighted by Crippen LogP contribution is 2.27. The predicted octanol–water partition coefficient (Wildman–Crippen LogP) is 3.35. The number of hydrogen-bond donors (Lipinski definition) is 3. The Hall–Kier alpha value is -3.52. The Kier molecular flexibility index (Phi) is 5.81. The predicted molar refractivity (Wildman–Crippen MR) is 110 cm³/mol. The number of nitrogens with two attached hydrogens (primary N) is 1. The average Bonchev–Trinajstić information content (AvgIpc) is 3.18. The van der Waals surface area contributed by atoms with Gasteiger partial charge in [-0.05, 0) is 18.6 Å². The van der Waals surface area contributed by atoms with E-state index < -0.39 is 0 Å². The number of amides is 1. The van der Waals surface area contributed by atoms with Gasteiger partial charge in [0.2, 0.25) is 5.91 Å². The normalized spacial score (nSPS) is 12.1. The lowest BCUT2D eigenvalue weighted by molar-refractivity contribution is -0.114. The van der Waals surface area contributed by atoms with E-state index in [0.29, 0.717) is 39.2 Å². The number of aliphatic imine (C=N–C) groups is 1. The number of aryl methyl sites for hydroxylation is 1. The molecule has 8 nitrogen and oxygen atoms in total. The number of carbonyl (C=O) groups excluding carboxylic acids is 1. The molecule has 0 bridgehead atoms. The zero-order valence-corrected chi connectivity index (χ0v) is 16.0. The van der Waals surface area contributed by atoms with Crippen LogP contribution in [0.2, 0.25) is 5.02 Å². The molecule has 0 spiro atoms. The zero-order valence-electron chi connectivity index (χ0n) is 15.3. The fourth-order valence-electron chi connectivity index (χ4n) is 2.45. The molecule has 142 valence electrons. The van der Waals surface area contributed by atoms with Gasteiger partial charge in [-0.2, -0.15) is 5.10 Å². The van der Waals surface area contributed by atoms with Gasteiger partial charge in [0.25, 0.3) is 0 Å². The minimum absolute atomic E-state index is 0.212. The number of carbonyl (C=O) groups is 1. The quantitative estimate of drug-likeness (QED) is 0.572. The maximum atomic E-state index is 11.3. The molecule has 0 aliphatic rings. The van der Waals surface area contributed by atoms with Crippen molar-refractivity contribution in [2.45, 2.75) is 13.8 Å². The van der Waals surface area contributed by atoms with Crippen molar-refractivity contribution in [2.24, 2.45) is 10.7 Å². The number of pyridine rings is 1. The molecule has 0 radical (unpaired) electrons. The van der Waals surface area contributed by atoms with E-state index in [-0.39, 0.29) is 5.91 Å². The summed E-state index contributed by atoms with van der Waals surface area (Å²) in [5.41, 5.74) is 9.43. The third-order valence-corrected chi connectivity index (χ3v) is 4.17. The number of benzene rings is 1. The van der Waals surface area contributed by atoms with Crippen LogP contribution in [0.5, 0.6) is 0 Å². The molecule has 0 saturated carbocycles. The molecule has 4 N–H and O–H groups in total. The Morgan fingerprint density at radius 1 is 1.32 bits per heavy atom. The van der Waals surface area contributed by atoms with Gasteiger partial charge < -0.3 is 11.1 Å². The lowest BCUT2D eigenvalue weighted by Gasteiger charge is -2.09. The van der Waals surface area contributed by atoms with Crippen LogP contribution in [0.3, 0.4) is 0 Å². The van der Waals surface area contributed by atoms with Crippen molar-refractivity contribution < 1.29 is 4.79 Å². The Morgan fingerprint density at radius 2 is 2.11 bits per heavy atom. The van der Waals surface area contributed by atoms with Crippen LogP contribution in [0.15, 0.2) is 47.8 Å². The number of anilines is 1. The highest BCUT2D eigenvalue weighted by atomic mass is 35.5. The Labute approximate surface area is 166 Å². The lowest BCUT2D eigenvalue weighted by Crippen LogP contribution is -2.07. The molecule has 0 aliphatic carbocycles. The van der Waals surface area contributed by atoms with Crippen molar-refractivity contribution in [3.8, 4) is 0 Å². The molecule has 0 unspecified atom stereocenters. The largest absolute Gasteiger partial charge is 0.398 e. The smallest absolute Gasteiger partial charge is 0.222 e. The van der Waals surface area contributed by atoms with Crippen molar-refractivity contribution in [1.82, 2.24) is 20.2 Å². The summed E-state index contributed by atoms with van der Waals surface area (Å²) in [6.07, 6.45) is 4.60. The van der Waals surface area contributed by atoms with Gasteiger partial charge in [-0.3, -0.25) is 14.9 Å². The van der Waals surface area contributed by atoms with E-state index in [9.17, 15) is 4.79 Å². The molecule has 0 saturated heterocycles. The summed E-state index contributed by atoms with van der Waals surface area (Å²) < 4.78 is 0. The fraction of sp³-hybridized carbons (Fsp3) is 0.105. The Balaban J connectivity index is 2.06. The van der Waals surface area contributed by atoms with Crippen LogP contribution < -0.4 is 11.1 Å². The molecule has 28 heavy (non-hydrogen) atoms. The molecule has 3 rings (SSSR count). The van der Waals surface area contributed by atoms with Gasteiger partial charge in [0.05, 0.1) is 17.0 Å². The van der Waals surface area contributed by atoms with Gasteiger partial charge in [0.1, 0.15) is 12.1 Å². The van der Waals surface area contributed by atoms with Crippen molar-refractivity contribution >= 4 is 46.5 Å². The van der Waals surface area contributed by atoms with Gasteiger partial charge in [-0.15, -0.1) is 0 Å². The summed E-state index contributed by atoms with van der Waals surface area (Å²) in [7, 11) is 0. The second-order valence-electron chi connectivity index (χ2n) is 5.94. The first-order valence-electron chi connectivity index (χ1n) is 8.34. The van der Waals surface area contributed by atoms with Crippen molar-refractivity contribution in [2.75, 3.05) is 5.32 Å². The monoisotopic (exact) mass is 395 g/mol. The third kappa shape index (κ3) is 4.41. The summed E-state index contributed by atoms with van der Waals surface area (Å²) in [6.45, 7) is 3.28. The second-order valence-corrected chi connectivity index (χ2v) is 6.34. The summed E-state index contributed by atoms with van der Waals surface area (Å²) in [5.74, 6) is 0.654. The molecule has 0 fully saturated rings. The van der Waals surface area contributed by atoms with Crippen LogP contribution in [-0.4, -0.2) is 32.3 Å². The van der Waals surface area contributed by atoms with Gasteiger partial charge in [0.15, 0.2) is 5.82 Å². The molecule has 0 aliphatic heterocycles. The number of rotatable bonds is 5. The second kappa shape index (κ2) is 8.45. The molecule has 1 amide bonds. The number of hydrogen-bond acceptors (Lipinski definition) is 6. The first kappa shape index (κ1) is 19.2. The molecule has 2 heterocycles. The van der Waals surface area contributed by atoms with E-state index in [4.69, 9.17) is 17.3 Å². The highest BCUT2D eigenvalue weighted by Gasteiger charge is 2.12. The van der Waals surface area contributed by atoms with Crippen LogP contribution in [0.25, 0.3) is 11.3 Å². The highest BCUT2D eigenvalue weighted by molar-refractivity contribution is 6.33. The Bertz CT molecular complexity index is 1060. The molecular formula is C19H18ClN7O. The van der Waals surface area contributed by atoms with Crippen LogP contribution in [0.4, 0.5) is 11.5 Å². The van der Waals surface area contributed by atoms with E-state index in [1.54, 1.807) is 24.5 Å². The van der Waals surface area contributed by atoms with Crippen LogP contribution >= 0.6 is 11.6 Å². The fourth-order valence-corrected chi connectivity index (χ4v) is 2.69. The minimum Gasteiger partial charge on any atom is -0.398 e. The number of aromatic amines is 1. The molecule has 1 aromatic carbocycles. The van der Waals surface area contributed by atoms with E-state index in [0.717, 1.165) is 5.56 Å². The van der Waals surface area contributed by atoms with Crippen molar-refractivity contribution in [3.05, 3.63) is 64.8 Å². The van der Waals surface area contributed by atoms with Crippen LogP contribution in [-0.2, 0) is 4.79 Å². The SMILES string of the molecule is CC(=O)Nc1cc(N=CC(=C(N)c2ccccc2Cl)c2ncn[nH]2)c(C)cn1. The number of allylic oxidation sites excluding steroid dienone is 1. The van der Waals surface area contributed by atoms with Gasteiger partial charge in [-0.25, -0.2) is 9.97 Å². The average molecular weight is 396 g/mol. The number of nitrogens with zero attached hydrogens (tertiary/aromatic N) is 4. The number of H-pyrrole nitrogens is 1. The topological polar surface area (TPSA) is 122 Å².